The molecule has 0 saturated heterocycles. The fourth-order valence-corrected chi connectivity index (χ4v) is 3.58. The van der Waals surface area contributed by atoms with Crippen molar-refractivity contribution in [2.24, 2.45) is 0 Å². The maximum atomic E-state index is 12.2. The topological polar surface area (TPSA) is 92.4 Å². The van der Waals surface area contributed by atoms with Gasteiger partial charge in [-0.15, -0.1) is 11.3 Å². The Hall–Kier alpha value is -2.34. The molecule has 108 valence electrons. The third-order valence-corrected chi connectivity index (χ3v) is 4.75. The molecule has 4 N–H and O–H groups in total. The molecule has 0 bridgehead atoms. The van der Waals surface area contributed by atoms with Gasteiger partial charge >= 0.3 is 5.97 Å². The Morgan fingerprint density at radius 2 is 2.05 bits per heavy atom. The molecular weight excluding hydrogens is 288 g/mol. The van der Waals surface area contributed by atoms with Crippen LogP contribution in [0, 0.1) is 0 Å². The highest BCUT2D eigenvalue weighted by Gasteiger charge is 2.19. The van der Waals surface area contributed by atoms with Crippen molar-refractivity contribution < 1.29 is 14.7 Å². The van der Waals surface area contributed by atoms with Crippen molar-refractivity contribution in [1.82, 2.24) is 0 Å². The number of fused-ring (bicyclic) bond motifs is 1. The number of rotatable bonds is 3. The molecule has 1 heterocycles. The number of nitrogens with one attached hydrogen (secondary N) is 1. The van der Waals surface area contributed by atoms with E-state index in [9.17, 15) is 9.59 Å². The minimum Gasteiger partial charge on any atom is -0.478 e. The normalized spacial score (nSPS) is 13.0. The minimum absolute atomic E-state index is 0.0978. The van der Waals surface area contributed by atoms with Crippen LogP contribution in [0.3, 0.4) is 0 Å². The monoisotopic (exact) mass is 302 g/mol. The van der Waals surface area contributed by atoms with Gasteiger partial charge in [0.15, 0.2) is 0 Å². The first-order valence-electron chi connectivity index (χ1n) is 6.60. The number of carbonyl (C=O) groups is 2. The van der Waals surface area contributed by atoms with Crippen LogP contribution in [0.4, 0.5) is 11.4 Å². The summed E-state index contributed by atoms with van der Waals surface area (Å²) in [4.78, 5) is 25.0. The average molecular weight is 302 g/mol. The molecule has 1 aromatic heterocycles. The lowest BCUT2D eigenvalue weighted by Crippen LogP contribution is -2.12. The minimum atomic E-state index is -1.05. The molecule has 1 aliphatic carbocycles. The van der Waals surface area contributed by atoms with Gasteiger partial charge in [0.1, 0.15) is 0 Å². The summed E-state index contributed by atoms with van der Waals surface area (Å²) < 4.78 is 0. The number of amides is 1. The van der Waals surface area contributed by atoms with Gasteiger partial charge in [-0.2, -0.15) is 0 Å². The number of carboxylic acid groups (broad SMARTS) is 1. The number of aromatic carboxylic acids is 1. The Bertz CT molecular complexity index is 715. The van der Waals surface area contributed by atoms with Crippen molar-refractivity contribution in [2.75, 3.05) is 11.1 Å². The van der Waals surface area contributed by atoms with Gasteiger partial charge in [0.05, 0.1) is 21.8 Å². The lowest BCUT2D eigenvalue weighted by atomic mass is 10.1. The first kappa shape index (κ1) is 13.6. The summed E-state index contributed by atoms with van der Waals surface area (Å²) in [5.74, 6) is -1.25. The number of anilines is 2. The van der Waals surface area contributed by atoms with Crippen LogP contribution >= 0.6 is 11.3 Å². The van der Waals surface area contributed by atoms with Gasteiger partial charge in [0.25, 0.3) is 5.91 Å². The molecule has 0 fully saturated rings. The summed E-state index contributed by atoms with van der Waals surface area (Å²) in [6.07, 6.45) is 3.24. The second-order valence-electron chi connectivity index (χ2n) is 4.97. The number of aryl methyl sites for hydroxylation is 2. The first-order valence-corrected chi connectivity index (χ1v) is 7.42. The highest BCUT2D eigenvalue weighted by atomic mass is 32.1. The molecule has 0 saturated carbocycles. The van der Waals surface area contributed by atoms with Crippen molar-refractivity contribution in [3.63, 3.8) is 0 Å². The number of nitrogen functional groups attached to an aromatic ring is 1. The second kappa shape index (κ2) is 5.21. The molecule has 0 atom stereocenters. The van der Waals surface area contributed by atoms with E-state index >= 15 is 0 Å². The van der Waals surface area contributed by atoms with Gasteiger partial charge in [-0.3, -0.25) is 4.79 Å². The van der Waals surface area contributed by atoms with Gasteiger partial charge in [-0.1, -0.05) is 0 Å². The van der Waals surface area contributed by atoms with E-state index in [1.54, 1.807) is 0 Å². The molecular formula is C15H14N2O3S. The molecule has 6 heteroatoms. The molecule has 21 heavy (non-hydrogen) atoms. The number of hydrogen-bond acceptors (Lipinski definition) is 4. The van der Waals surface area contributed by atoms with Crippen molar-refractivity contribution in [3.05, 3.63) is 45.1 Å². The Morgan fingerprint density at radius 3 is 2.71 bits per heavy atom. The van der Waals surface area contributed by atoms with E-state index in [4.69, 9.17) is 10.8 Å². The first-order chi connectivity index (χ1) is 10.0. The number of nitrogens with two attached hydrogens (primary N) is 1. The van der Waals surface area contributed by atoms with E-state index in [1.165, 1.54) is 40.0 Å². The number of carbonyl (C=O) groups excluding carboxylic acids is 1. The van der Waals surface area contributed by atoms with E-state index in [1.807, 2.05) is 6.07 Å². The van der Waals surface area contributed by atoms with Crippen LogP contribution in [-0.4, -0.2) is 17.0 Å². The summed E-state index contributed by atoms with van der Waals surface area (Å²) in [6.45, 7) is 0. The average Bonchev–Trinajstić information content (AvgIpc) is 3.01. The van der Waals surface area contributed by atoms with Crippen LogP contribution in [0.2, 0.25) is 0 Å². The summed E-state index contributed by atoms with van der Waals surface area (Å²) in [5, 5.41) is 11.6. The molecule has 5 nitrogen and oxygen atoms in total. The summed E-state index contributed by atoms with van der Waals surface area (Å²) in [5.41, 5.74) is 7.82. The smallest absolute Gasteiger partial charge is 0.335 e. The van der Waals surface area contributed by atoms with E-state index in [0.29, 0.717) is 10.6 Å². The highest BCUT2D eigenvalue weighted by Crippen LogP contribution is 2.31. The molecule has 0 radical (unpaired) electrons. The van der Waals surface area contributed by atoms with Gasteiger partial charge in [0, 0.05) is 4.88 Å². The number of thiophene rings is 1. The highest BCUT2D eigenvalue weighted by molar-refractivity contribution is 7.14. The van der Waals surface area contributed by atoms with Crippen LogP contribution in [-0.2, 0) is 12.8 Å². The largest absolute Gasteiger partial charge is 0.478 e. The Labute approximate surface area is 125 Å². The molecule has 0 spiro atoms. The molecule has 2 aromatic rings. The van der Waals surface area contributed by atoms with Crippen LogP contribution in [0.25, 0.3) is 0 Å². The van der Waals surface area contributed by atoms with Gasteiger partial charge in [-0.25, -0.2) is 4.79 Å². The number of carboxylic acids is 1. The summed E-state index contributed by atoms with van der Waals surface area (Å²) in [7, 11) is 0. The van der Waals surface area contributed by atoms with Gasteiger partial charge in [-0.05, 0) is 49.1 Å². The predicted molar refractivity (Wildman–Crippen MR) is 82.1 cm³/mol. The van der Waals surface area contributed by atoms with Crippen LogP contribution in [0.5, 0.6) is 0 Å². The Kier molecular flexibility index (Phi) is 3.39. The predicted octanol–water partition coefficient (Wildman–Crippen LogP) is 2.77. The fourth-order valence-electron chi connectivity index (χ4n) is 2.43. The maximum absolute atomic E-state index is 12.2. The molecule has 3 rings (SSSR count). The maximum Gasteiger partial charge on any atom is 0.335 e. The SMILES string of the molecule is Nc1cc(C(=O)O)ccc1NC(=O)c1cc2c(s1)CCC2. The lowest BCUT2D eigenvalue weighted by molar-refractivity contribution is 0.0697. The van der Waals surface area contributed by atoms with E-state index < -0.39 is 5.97 Å². The zero-order valence-corrected chi connectivity index (χ0v) is 12.0. The fraction of sp³-hybridized carbons (Fsp3) is 0.200. The quantitative estimate of drug-likeness (QED) is 0.760. The van der Waals surface area contributed by atoms with Crippen molar-refractivity contribution >= 4 is 34.6 Å². The van der Waals surface area contributed by atoms with Gasteiger partial charge < -0.3 is 16.2 Å². The molecule has 0 unspecified atom stereocenters. The van der Waals surface area contributed by atoms with Crippen LogP contribution in [0.15, 0.2) is 24.3 Å². The summed E-state index contributed by atoms with van der Waals surface area (Å²) in [6, 6.07) is 6.21. The van der Waals surface area contributed by atoms with Gasteiger partial charge in [0.2, 0.25) is 0 Å². The van der Waals surface area contributed by atoms with E-state index in [2.05, 4.69) is 5.32 Å². The van der Waals surface area contributed by atoms with Crippen LogP contribution in [0.1, 0.15) is 36.9 Å². The zero-order chi connectivity index (χ0) is 15.0. The lowest BCUT2D eigenvalue weighted by Gasteiger charge is -2.08. The third kappa shape index (κ3) is 2.62. The van der Waals surface area contributed by atoms with E-state index in [0.717, 1.165) is 19.3 Å². The molecule has 1 aliphatic rings. The molecule has 1 aromatic carbocycles. The summed E-state index contributed by atoms with van der Waals surface area (Å²) >= 11 is 1.52. The number of benzene rings is 1. The van der Waals surface area contributed by atoms with Crippen LogP contribution < -0.4 is 11.1 Å². The van der Waals surface area contributed by atoms with Crippen molar-refractivity contribution in [3.8, 4) is 0 Å². The molecule has 0 aliphatic heterocycles. The van der Waals surface area contributed by atoms with Crippen molar-refractivity contribution in [2.45, 2.75) is 19.3 Å². The molecule has 1 amide bonds. The third-order valence-electron chi connectivity index (χ3n) is 3.52. The number of hydrogen-bond donors (Lipinski definition) is 3. The second-order valence-corrected chi connectivity index (χ2v) is 6.11. The standard InChI is InChI=1S/C15H14N2O3S/c16-10-6-9(15(19)20)4-5-11(10)17-14(18)13-7-8-2-1-3-12(8)21-13/h4-7H,1-3,16H2,(H,17,18)(H,19,20). The van der Waals surface area contributed by atoms with E-state index in [-0.39, 0.29) is 17.2 Å². The van der Waals surface area contributed by atoms with Crippen molar-refractivity contribution in [1.29, 1.82) is 0 Å². The Morgan fingerprint density at radius 1 is 1.24 bits per heavy atom. The Balaban J connectivity index is 1.79. The zero-order valence-electron chi connectivity index (χ0n) is 11.2.